The topological polar surface area (TPSA) is 60.0 Å². The van der Waals surface area contributed by atoms with Crippen molar-refractivity contribution in [3.8, 4) is 16.9 Å². The molecular formula is C18H15N3O2. The van der Waals surface area contributed by atoms with Gasteiger partial charge in [0, 0.05) is 11.8 Å². The van der Waals surface area contributed by atoms with E-state index in [9.17, 15) is 0 Å². The molecule has 0 N–H and O–H groups in total. The molecule has 0 fully saturated rings. The SMILES string of the molecule is C=Nc1c(-c2ccc(OC)cc2)ccnc1N=Cc1ccco1. The van der Waals surface area contributed by atoms with Gasteiger partial charge in [0.05, 0.1) is 19.6 Å². The first kappa shape index (κ1) is 14.7. The molecule has 0 aliphatic carbocycles. The molecule has 0 unspecified atom stereocenters. The van der Waals surface area contributed by atoms with E-state index in [-0.39, 0.29) is 0 Å². The third-order valence-corrected chi connectivity index (χ3v) is 3.32. The summed E-state index contributed by atoms with van der Waals surface area (Å²) in [4.78, 5) is 12.7. The molecule has 2 heterocycles. The van der Waals surface area contributed by atoms with Crippen LogP contribution in [-0.2, 0) is 0 Å². The highest BCUT2D eigenvalue weighted by atomic mass is 16.5. The predicted molar refractivity (Wildman–Crippen MR) is 91.4 cm³/mol. The number of ether oxygens (including phenoxy) is 1. The second-order valence-electron chi connectivity index (χ2n) is 4.69. The van der Waals surface area contributed by atoms with Crippen molar-refractivity contribution in [1.82, 2.24) is 4.98 Å². The molecule has 0 atom stereocenters. The fourth-order valence-corrected chi connectivity index (χ4v) is 2.19. The monoisotopic (exact) mass is 305 g/mol. The average Bonchev–Trinajstić information content (AvgIpc) is 3.13. The zero-order valence-corrected chi connectivity index (χ0v) is 12.6. The van der Waals surface area contributed by atoms with E-state index in [0.29, 0.717) is 17.3 Å². The van der Waals surface area contributed by atoms with Gasteiger partial charge in [-0.1, -0.05) is 12.1 Å². The van der Waals surface area contributed by atoms with Gasteiger partial charge in [-0.25, -0.2) is 9.98 Å². The lowest BCUT2D eigenvalue weighted by molar-refractivity contribution is 0.415. The Morgan fingerprint density at radius 2 is 2.00 bits per heavy atom. The van der Waals surface area contributed by atoms with E-state index in [1.807, 2.05) is 36.4 Å². The Morgan fingerprint density at radius 3 is 2.65 bits per heavy atom. The van der Waals surface area contributed by atoms with Gasteiger partial charge in [-0.15, -0.1) is 0 Å². The van der Waals surface area contributed by atoms with Gasteiger partial charge in [-0.3, -0.25) is 4.99 Å². The fourth-order valence-electron chi connectivity index (χ4n) is 2.19. The number of hydrogen-bond acceptors (Lipinski definition) is 5. The summed E-state index contributed by atoms with van der Waals surface area (Å²) in [6, 6.07) is 13.2. The molecule has 0 saturated heterocycles. The number of aliphatic imine (C=N–C) groups is 2. The molecule has 114 valence electrons. The Morgan fingerprint density at radius 1 is 1.17 bits per heavy atom. The molecular weight excluding hydrogens is 290 g/mol. The maximum atomic E-state index is 5.23. The van der Waals surface area contributed by atoms with Crippen molar-refractivity contribution in [3.63, 3.8) is 0 Å². The first-order valence-corrected chi connectivity index (χ1v) is 6.99. The zero-order chi connectivity index (χ0) is 16.1. The maximum absolute atomic E-state index is 5.23. The molecule has 5 heteroatoms. The molecule has 0 spiro atoms. The number of pyridine rings is 1. The average molecular weight is 305 g/mol. The van der Waals surface area contributed by atoms with Crippen LogP contribution in [0, 0.1) is 0 Å². The summed E-state index contributed by atoms with van der Waals surface area (Å²) < 4.78 is 10.4. The van der Waals surface area contributed by atoms with Gasteiger partial charge in [0.15, 0.2) is 5.82 Å². The summed E-state index contributed by atoms with van der Waals surface area (Å²) in [5.41, 5.74) is 2.52. The van der Waals surface area contributed by atoms with Crippen molar-refractivity contribution in [3.05, 3.63) is 60.7 Å². The normalized spacial score (nSPS) is 10.8. The third kappa shape index (κ3) is 3.18. The first-order valence-electron chi connectivity index (χ1n) is 6.99. The summed E-state index contributed by atoms with van der Waals surface area (Å²) >= 11 is 0. The smallest absolute Gasteiger partial charge is 0.178 e. The Hall–Kier alpha value is -3.21. The lowest BCUT2D eigenvalue weighted by Gasteiger charge is -2.08. The second-order valence-corrected chi connectivity index (χ2v) is 4.69. The highest BCUT2D eigenvalue weighted by Gasteiger charge is 2.10. The van der Waals surface area contributed by atoms with E-state index in [2.05, 4.69) is 21.7 Å². The predicted octanol–water partition coefficient (Wildman–Crippen LogP) is 4.43. The van der Waals surface area contributed by atoms with Crippen LogP contribution in [0.3, 0.4) is 0 Å². The van der Waals surface area contributed by atoms with Crippen LogP contribution in [0.15, 0.2) is 69.3 Å². The van der Waals surface area contributed by atoms with Crippen LogP contribution in [0.1, 0.15) is 5.76 Å². The molecule has 0 aliphatic rings. The van der Waals surface area contributed by atoms with Gasteiger partial charge in [0.1, 0.15) is 17.2 Å². The van der Waals surface area contributed by atoms with E-state index < -0.39 is 0 Å². The number of benzene rings is 1. The van der Waals surface area contributed by atoms with Crippen molar-refractivity contribution >= 4 is 24.4 Å². The minimum atomic E-state index is 0.490. The van der Waals surface area contributed by atoms with Crippen LogP contribution < -0.4 is 4.74 Å². The van der Waals surface area contributed by atoms with Crippen molar-refractivity contribution in [1.29, 1.82) is 0 Å². The molecule has 3 aromatic rings. The third-order valence-electron chi connectivity index (χ3n) is 3.32. The molecule has 2 aromatic heterocycles. The zero-order valence-electron chi connectivity index (χ0n) is 12.6. The molecule has 23 heavy (non-hydrogen) atoms. The van der Waals surface area contributed by atoms with Crippen molar-refractivity contribution < 1.29 is 9.15 Å². The summed E-state index contributed by atoms with van der Waals surface area (Å²) in [5.74, 6) is 1.94. The number of hydrogen-bond donors (Lipinski definition) is 0. The molecule has 5 nitrogen and oxygen atoms in total. The Balaban J connectivity index is 2.00. The highest BCUT2D eigenvalue weighted by molar-refractivity contribution is 5.86. The van der Waals surface area contributed by atoms with E-state index in [1.165, 1.54) is 0 Å². The Labute approximate surface area is 134 Å². The molecule has 0 saturated carbocycles. The Bertz CT molecular complexity index is 822. The quantitative estimate of drug-likeness (QED) is 0.655. The van der Waals surface area contributed by atoms with Gasteiger partial charge in [-0.05, 0) is 42.6 Å². The lowest BCUT2D eigenvalue weighted by Crippen LogP contribution is -1.85. The van der Waals surface area contributed by atoms with E-state index in [4.69, 9.17) is 9.15 Å². The molecule has 0 amide bonds. The van der Waals surface area contributed by atoms with E-state index in [0.717, 1.165) is 16.9 Å². The van der Waals surface area contributed by atoms with Gasteiger partial charge < -0.3 is 9.15 Å². The summed E-state index contributed by atoms with van der Waals surface area (Å²) in [7, 11) is 1.64. The number of methoxy groups -OCH3 is 1. The molecule has 0 bridgehead atoms. The molecule has 0 aliphatic heterocycles. The molecule has 0 radical (unpaired) electrons. The van der Waals surface area contributed by atoms with Crippen molar-refractivity contribution in [2.45, 2.75) is 0 Å². The molecule has 1 aromatic carbocycles. The van der Waals surface area contributed by atoms with Crippen LogP contribution in [0.5, 0.6) is 5.75 Å². The van der Waals surface area contributed by atoms with Crippen molar-refractivity contribution in [2.75, 3.05) is 7.11 Å². The minimum Gasteiger partial charge on any atom is -0.497 e. The standard InChI is InChI=1S/C18H15N3O2/c1-19-17-16(13-5-7-14(22-2)8-6-13)9-10-20-18(17)21-12-15-4-3-11-23-15/h3-12H,1H2,2H3. The first-order chi connectivity index (χ1) is 11.3. The van der Waals surface area contributed by atoms with Crippen LogP contribution in [0.4, 0.5) is 11.5 Å². The summed E-state index contributed by atoms with van der Waals surface area (Å²) in [6.45, 7) is 3.64. The van der Waals surface area contributed by atoms with Crippen LogP contribution in [-0.4, -0.2) is 25.0 Å². The fraction of sp³-hybridized carbons (Fsp3) is 0.0556. The number of aromatic nitrogens is 1. The minimum absolute atomic E-state index is 0.490. The summed E-state index contributed by atoms with van der Waals surface area (Å²) in [6.07, 6.45) is 4.90. The van der Waals surface area contributed by atoms with Gasteiger partial charge in [-0.2, -0.15) is 0 Å². The second kappa shape index (κ2) is 6.70. The highest BCUT2D eigenvalue weighted by Crippen LogP contribution is 2.36. The van der Waals surface area contributed by atoms with E-state index in [1.54, 1.807) is 31.9 Å². The van der Waals surface area contributed by atoms with Crippen LogP contribution in [0.2, 0.25) is 0 Å². The maximum Gasteiger partial charge on any atom is 0.178 e. The van der Waals surface area contributed by atoms with Crippen LogP contribution in [0.25, 0.3) is 11.1 Å². The van der Waals surface area contributed by atoms with Crippen LogP contribution >= 0.6 is 0 Å². The number of rotatable bonds is 5. The number of nitrogens with zero attached hydrogens (tertiary/aromatic N) is 3. The largest absolute Gasteiger partial charge is 0.497 e. The van der Waals surface area contributed by atoms with Crippen molar-refractivity contribution in [2.24, 2.45) is 9.98 Å². The summed E-state index contributed by atoms with van der Waals surface area (Å²) in [5, 5.41) is 0. The lowest BCUT2D eigenvalue weighted by atomic mass is 10.0. The molecule has 3 rings (SSSR count). The van der Waals surface area contributed by atoms with Gasteiger partial charge in [0.2, 0.25) is 0 Å². The number of furan rings is 1. The Kier molecular flexibility index (Phi) is 4.29. The van der Waals surface area contributed by atoms with E-state index >= 15 is 0 Å². The van der Waals surface area contributed by atoms with Gasteiger partial charge >= 0.3 is 0 Å². The van der Waals surface area contributed by atoms with Gasteiger partial charge in [0.25, 0.3) is 0 Å².